The van der Waals surface area contributed by atoms with Gasteiger partial charge in [0.25, 0.3) is 0 Å². The summed E-state index contributed by atoms with van der Waals surface area (Å²) in [5.41, 5.74) is -5.68. The predicted molar refractivity (Wildman–Crippen MR) is 167 cm³/mol. The fourth-order valence-corrected chi connectivity index (χ4v) is 13.5. The lowest BCUT2D eigenvalue weighted by Crippen LogP contribution is -2.70. The van der Waals surface area contributed by atoms with Crippen LogP contribution in [0.3, 0.4) is 0 Å². The first kappa shape index (κ1) is 31.5. The number of aliphatic hydroxyl groups excluding tert-OH is 2. The molecule has 0 spiro atoms. The average molecular weight is 626 g/mol. The van der Waals surface area contributed by atoms with E-state index in [4.69, 9.17) is 4.74 Å². The van der Waals surface area contributed by atoms with Crippen molar-refractivity contribution in [2.24, 2.45) is 51.8 Å². The van der Waals surface area contributed by atoms with Gasteiger partial charge in [0.2, 0.25) is 5.78 Å². The highest BCUT2D eigenvalue weighted by molar-refractivity contribution is 6.01. The molecule has 248 valence electrons. The molecule has 0 saturated heterocycles. The molecular formula is C37H52FNO6. The molecule has 0 radical (unpaired) electrons. The summed E-state index contributed by atoms with van der Waals surface area (Å²) in [7, 11) is 0. The number of ether oxygens (including phenoxy) is 1. The Bertz CT molecular complexity index is 1330. The third-order valence-corrected chi connectivity index (χ3v) is 14.4. The van der Waals surface area contributed by atoms with Crippen LogP contribution in [0, 0.1) is 51.8 Å². The van der Waals surface area contributed by atoms with Crippen LogP contribution in [-0.2, 0) is 14.3 Å². The van der Waals surface area contributed by atoms with Crippen molar-refractivity contribution in [3.63, 3.8) is 0 Å². The standard InChI is InChI=1S/C37H52FNO6/c1-21-10-28-27-7-6-25-14-26(41)8-9-33(25,4)36(27,38)29(42)18-34(28,5)37(21,30(43)19-40)45-31(44)39-32(2,3)20-35-15-22-11-23(16-35)13-24(12-22)17-35/h8-9,14,21-24,27-29,40,42H,6-7,10-13,15-20H2,1-5H3,(H,39,44)/t21-,22?,23?,24?,27?,28?,29-,33-,34-,35?,36?,37+/m0/s1. The molecule has 7 saturated carbocycles. The molecule has 45 heavy (non-hydrogen) atoms. The van der Waals surface area contributed by atoms with Crippen molar-refractivity contribution in [2.75, 3.05) is 6.61 Å². The zero-order valence-corrected chi connectivity index (χ0v) is 27.7. The third kappa shape index (κ3) is 4.29. The van der Waals surface area contributed by atoms with Gasteiger partial charge in [-0.1, -0.05) is 25.5 Å². The van der Waals surface area contributed by atoms with Gasteiger partial charge in [0.1, 0.15) is 6.61 Å². The Morgan fingerprint density at radius 2 is 1.67 bits per heavy atom. The van der Waals surface area contributed by atoms with Gasteiger partial charge in [0.15, 0.2) is 17.1 Å². The van der Waals surface area contributed by atoms with E-state index in [1.807, 2.05) is 27.7 Å². The number of hydrogen-bond donors (Lipinski definition) is 3. The molecule has 0 aliphatic heterocycles. The van der Waals surface area contributed by atoms with Crippen LogP contribution in [0.15, 0.2) is 23.8 Å². The predicted octanol–water partition coefficient (Wildman–Crippen LogP) is 6.01. The Labute approximate surface area is 266 Å². The summed E-state index contributed by atoms with van der Waals surface area (Å²) in [6, 6.07) is 0. The Morgan fingerprint density at radius 3 is 2.27 bits per heavy atom. The van der Waals surface area contributed by atoms with Crippen molar-refractivity contribution in [3.8, 4) is 0 Å². The molecule has 0 aromatic heterocycles. The molecular weight excluding hydrogens is 573 g/mol. The maximum atomic E-state index is 17.7. The van der Waals surface area contributed by atoms with Gasteiger partial charge in [-0.3, -0.25) is 9.59 Å². The van der Waals surface area contributed by atoms with Gasteiger partial charge < -0.3 is 20.3 Å². The number of rotatable bonds is 6. The second-order valence-electron chi connectivity index (χ2n) is 17.7. The summed E-state index contributed by atoms with van der Waals surface area (Å²) in [6.45, 7) is 8.72. The number of nitrogens with one attached hydrogen (secondary N) is 1. The van der Waals surface area contributed by atoms with Gasteiger partial charge in [-0.2, -0.15) is 0 Å². The summed E-state index contributed by atoms with van der Waals surface area (Å²) in [5.74, 6) is 0.102. The fourth-order valence-electron chi connectivity index (χ4n) is 13.5. The summed E-state index contributed by atoms with van der Waals surface area (Å²) in [6.07, 6.45) is 12.1. The summed E-state index contributed by atoms with van der Waals surface area (Å²) < 4.78 is 24.0. The van der Waals surface area contributed by atoms with E-state index in [1.54, 1.807) is 13.0 Å². The van der Waals surface area contributed by atoms with Crippen molar-refractivity contribution in [1.29, 1.82) is 0 Å². The van der Waals surface area contributed by atoms with Crippen LogP contribution < -0.4 is 5.32 Å². The van der Waals surface area contributed by atoms with Crippen molar-refractivity contribution < 1.29 is 33.7 Å². The van der Waals surface area contributed by atoms with Crippen LogP contribution >= 0.6 is 0 Å². The number of allylic oxidation sites excluding steroid dienone is 4. The normalized spacial score (nSPS) is 49.6. The number of alkyl halides is 1. The van der Waals surface area contributed by atoms with Crippen LogP contribution in [0.5, 0.6) is 0 Å². The molecule has 7 fully saturated rings. The van der Waals surface area contributed by atoms with Crippen LogP contribution in [0.1, 0.15) is 105 Å². The molecule has 1 amide bonds. The van der Waals surface area contributed by atoms with Gasteiger partial charge in [0.05, 0.1) is 6.10 Å². The van der Waals surface area contributed by atoms with Gasteiger partial charge >= 0.3 is 6.09 Å². The second kappa shape index (κ2) is 9.98. The van der Waals surface area contributed by atoms with E-state index >= 15 is 4.39 Å². The molecule has 8 aliphatic rings. The minimum atomic E-state index is -2.06. The molecule has 8 aliphatic carbocycles. The molecule has 4 bridgehead atoms. The van der Waals surface area contributed by atoms with Crippen LogP contribution in [0.4, 0.5) is 9.18 Å². The Kier molecular flexibility index (Phi) is 6.99. The van der Waals surface area contributed by atoms with E-state index in [0.29, 0.717) is 24.8 Å². The number of carbonyl (C=O) groups is 3. The molecule has 8 rings (SSSR count). The largest absolute Gasteiger partial charge is 0.434 e. The zero-order chi connectivity index (χ0) is 32.4. The number of amides is 1. The summed E-state index contributed by atoms with van der Waals surface area (Å²) in [5, 5.41) is 25.2. The molecule has 8 heteroatoms. The second-order valence-corrected chi connectivity index (χ2v) is 17.7. The summed E-state index contributed by atoms with van der Waals surface area (Å²) >= 11 is 0. The third-order valence-electron chi connectivity index (χ3n) is 14.4. The molecule has 0 aromatic carbocycles. The van der Waals surface area contributed by atoms with Gasteiger partial charge in [-0.15, -0.1) is 0 Å². The number of ketones is 2. The molecule has 0 heterocycles. The van der Waals surface area contributed by atoms with Gasteiger partial charge in [-0.25, -0.2) is 9.18 Å². The van der Waals surface area contributed by atoms with Gasteiger partial charge in [0, 0.05) is 28.2 Å². The first-order valence-electron chi connectivity index (χ1n) is 17.5. The van der Waals surface area contributed by atoms with E-state index in [2.05, 4.69) is 5.32 Å². The highest BCUT2D eigenvalue weighted by atomic mass is 19.1. The Morgan fingerprint density at radius 1 is 1.04 bits per heavy atom. The number of alkyl carbamates (subject to hydrolysis) is 1. The average Bonchev–Trinajstić information content (AvgIpc) is 3.14. The van der Waals surface area contributed by atoms with Crippen molar-refractivity contribution in [1.82, 2.24) is 5.32 Å². The summed E-state index contributed by atoms with van der Waals surface area (Å²) in [4.78, 5) is 40.0. The Hall–Kier alpha value is -2.06. The first-order valence-corrected chi connectivity index (χ1v) is 17.5. The first-order chi connectivity index (χ1) is 21.0. The maximum Gasteiger partial charge on any atom is 0.408 e. The number of halogens is 1. The van der Waals surface area contributed by atoms with Gasteiger partial charge in [-0.05, 0) is 133 Å². The molecule has 3 N–H and O–H groups in total. The maximum absolute atomic E-state index is 17.7. The lowest BCUT2D eigenvalue weighted by molar-refractivity contribution is -0.219. The highest BCUT2D eigenvalue weighted by Gasteiger charge is 2.77. The topological polar surface area (TPSA) is 113 Å². The zero-order valence-electron chi connectivity index (χ0n) is 27.7. The van der Waals surface area contributed by atoms with E-state index in [9.17, 15) is 24.6 Å². The van der Waals surface area contributed by atoms with Crippen LogP contribution in [0.2, 0.25) is 0 Å². The number of carbonyl (C=O) groups excluding carboxylic acids is 3. The minimum absolute atomic E-state index is 0.102. The Balaban J connectivity index is 1.17. The minimum Gasteiger partial charge on any atom is -0.434 e. The number of aliphatic hydroxyl groups is 2. The number of hydrogen-bond acceptors (Lipinski definition) is 6. The molecule has 3 unspecified atom stereocenters. The van der Waals surface area contributed by atoms with Crippen molar-refractivity contribution in [3.05, 3.63) is 23.8 Å². The molecule has 8 atom stereocenters. The number of fused-ring (bicyclic) bond motifs is 5. The van der Waals surface area contributed by atoms with Crippen molar-refractivity contribution >= 4 is 17.7 Å². The van der Waals surface area contributed by atoms with Crippen LogP contribution in [0.25, 0.3) is 0 Å². The van der Waals surface area contributed by atoms with Crippen LogP contribution in [-0.4, -0.2) is 57.4 Å². The number of Topliss-reactive ketones (excluding diaryl/α,β-unsaturated/α-hetero) is 1. The fraction of sp³-hybridized carbons (Fsp3) is 0.811. The van der Waals surface area contributed by atoms with E-state index in [-0.39, 0.29) is 23.5 Å². The quantitative estimate of drug-likeness (QED) is 0.333. The SMILES string of the molecule is C[C@H]1CC2C3CCC4=CC(=O)C=C[C@]4(C)C3(F)[C@@H](O)C[C@]2(C)[C@]1(OC(=O)NC(C)(C)CC12CC3CC(CC(C3)C1)C2)C(=O)CO. The van der Waals surface area contributed by atoms with E-state index < -0.39 is 64.1 Å². The lowest BCUT2D eigenvalue weighted by Gasteiger charge is -2.62. The molecule has 0 aromatic rings. The van der Waals surface area contributed by atoms with Crippen molar-refractivity contribution in [2.45, 2.75) is 128 Å². The lowest BCUT2D eigenvalue weighted by atomic mass is 9.44. The smallest absolute Gasteiger partial charge is 0.408 e. The van der Waals surface area contributed by atoms with E-state index in [0.717, 1.165) is 24.2 Å². The molecule has 7 nitrogen and oxygen atoms in total. The monoisotopic (exact) mass is 625 g/mol. The van der Waals surface area contributed by atoms with E-state index in [1.165, 1.54) is 50.7 Å². The highest BCUT2D eigenvalue weighted by Crippen LogP contribution is 2.71.